The Morgan fingerprint density at radius 1 is 0.672 bits per heavy atom. The number of thioether (sulfide) groups is 1. The number of carbonyl (C=O) groups excluding carboxylic acids is 2. The van der Waals surface area contributed by atoms with Gasteiger partial charge >= 0.3 is 0 Å². The second kappa shape index (κ2) is 19.6. The highest BCUT2D eigenvalue weighted by atomic mass is 32.2. The monoisotopic (exact) mass is 966 g/mol. The van der Waals surface area contributed by atoms with Crippen molar-refractivity contribution in [3.8, 4) is 0 Å². The third-order valence-electron chi connectivity index (χ3n) is 13.5. The van der Waals surface area contributed by atoms with Crippen LogP contribution in [0.5, 0.6) is 0 Å². The van der Waals surface area contributed by atoms with E-state index in [2.05, 4.69) is 108 Å². The predicted molar refractivity (Wildman–Crippen MR) is 264 cm³/mol. The molecule has 4 aromatic heterocycles. The molecule has 8 rings (SSSR count). The minimum Gasteiger partial charge on any atom is -0.414 e. The molecule has 6 atom stereocenters. The maximum atomic E-state index is 13.1. The molecular formula is C47H62N10O7SSi2. The first kappa shape index (κ1) is 48.5. The zero-order valence-corrected chi connectivity index (χ0v) is 42.7. The van der Waals surface area contributed by atoms with Crippen LogP contribution in [0.4, 0.5) is 11.6 Å². The van der Waals surface area contributed by atoms with E-state index in [1.165, 1.54) is 12.7 Å². The van der Waals surface area contributed by atoms with Gasteiger partial charge in [-0.15, -0.1) is 11.8 Å². The van der Waals surface area contributed by atoms with Crippen LogP contribution in [0.3, 0.4) is 0 Å². The minimum atomic E-state index is -2.22. The Bertz CT molecular complexity index is 2680. The summed E-state index contributed by atoms with van der Waals surface area (Å²) < 4.78 is 37.9. The lowest BCUT2D eigenvalue weighted by molar-refractivity contribution is -0.0508. The molecular weight excluding hydrogens is 905 g/mol. The van der Waals surface area contributed by atoms with Crippen LogP contribution < -0.4 is 10.6 Å². The first-order valence-corrected chi connectivity index (χ1v) is 29.7. The number of fused-ring (bicyclic) bond motifs is 2. The normalized spacial score (nSPS) is 21.6. The molecule has 2 aromatic carbocycles. The summed E-state index contributed by atoms with van der Waals surface area (Å²) in [5.41, 5.74) is 3.04. The van der Waals surface area contributed by atoms with E-state index in [0.29, 0.717) is 76.2 Å². The van der Waals surface area contributed by atoms with Gasteiger partial charge in [0, 0.05) is 29.7 Å². The second-order valence-electron chi connectivity index (χ2n) is 20.1. The van der Waals surface area contributed by atoms with E-state index in [4.69, 9.17) is 23.1 Å². The van der Waals surface area contributed by atoms with Gasteiger partial charge in [0.25, 0.3) is 11.8 Å². The lowest BCUT2D eigenvalue weighted by atomic mass is 10.2. The first-order chi connectivity index (χ1) is 31.8. The van der Waals surface area contributed by atoms with E-state index in [-0.39, 0.29) is 46.3 Å². The number of imidazole rings is 2. The number of rotatable bonds is 16. The Morgan fingerprint density at radius 2 is 1.15 bits per heavy atom. The Kier molecular flexibility index (Phi) is 14.2. The molecule has 0 radical (unpaired) electrons. The molecule has 20 heteroatoms. The number of hydrogen-bond acceptors (Lipinski definition) is 14. The van der Waals surface area contributed by atoms with Crippen molar-refractivity contribution in [1.82, 2.24) is 39.0 Å². The van der Waals surface area contributed by atoms with Gasteiger partial charge in [0.1, 0.15) is 31.2 Å². The van der Waals surface area contributed by atoms with Crippen molar-refractivity contribution in [3.05, 3.63) is 97.1 Å². The number of anilines is 2. The van der Waals surface area contributed by atoms with Gasteiger partial charge in [0.2, 0.25) is 0 Å². The van der Waals surface area contributed by atoms with Gasteiger partial charge in [-0.3, -0.25) is 18.7 Å². The molecule has 0 spiro atoms. The molecule has 0 aliphatic carbocycles. The van der Waals surface area contributed by atoms with E-state index >= 15 is 0 Å². The second-order valence-corrected chi connectivity index (χ2v) is 30.7. The molecule has 2 aliphatic rings. The number of carbonyl (C=O) groups is 2. The van der Waals surface area contributed by atoms with Crippen molar-refractivity contribution in [2.75, 3.05) is 28.9 Å². The quantitative estimate of drug-likeness (QED) is 0.0530. The summed E-state index contributed by atoms with van der Waals surface area (Å²) >= 11 is 1.64. The van der Waals surface area contributed by atoms with Crippen molar-refractivity contribution in [2.45, 2.75) is 128 Å². The standard InChI is InChI=1S/C47H62N10O7SSi2/c1-46(2,3)66(7,8)61-23-34-32(21-36(62-34)56-27-52-38-40(48-25-50-42(38)56)54-44(58)30-17-13-11-14-18-30)60-29-65-24-35-33(64-67(9,10)47(4,5)6)22-37(63-35)57-28-53-39-41(49-26-51-43(39)57)55-45(59)31-19-15-12-16-20-31/h11-20,25-28,32-37H,21-24,29H2,1-10H3,(H,48,50,54,58)(H,49,51,55,59)/t32-,33-,34+,35+,36+,37+/m0/s1. The van der Waals surface area contributed by atoms with Gasteiger partial charge in [-0.25, -0.2) is 29.9 Å². The van der Waals surface area contributed by atoms with Crippen molar-refractivity contribution >= 4 is 74.2 Å². The largest absolute Gasteiger partial charge is 0.414 e. The Hall–Kier alpha value is -4.94. The molecule has 2 fully saturated rings. The van der Waals surface area contributed by atoms with Gasteiger partial charge in [-0.2, -0.15) is 0 Å². The number of aromatic nitrogens is 8. The van der Waals surface area contributed by atoms with Crippen LogP contribution in [0.25, 0.3) is 22.3 Å². The number of hydrogen-bond donors (Lipinski definition) is 2. The average molecular weight is 967 g/mol. The average Bonchev–Trinajstić information content (AvgIpc) is 4.10. The van der Waals surface area contributed by atoms with Crippen LogP contribution in [0.1, 0.15) is 87.6 Å². The summed E-state index contributed by atoms with van der Waals surface area (Å²) in [4.78, 5) is 53.3. The summed E-state index contributed by atoms with van der Waals surface area (Å²) in [5, 5.41) is 5.79. The maximum absolute atomic E-state index is 13.1. The van der Waals surface area contributed by atoms with Crippen molar-refractivity contribution in [1.29, 1.82) is 0 Å². The summed E-state index contributed by atoms with van der Waals surface area (Å²) in [5.74, 6) is 1.06. The Morgan fingerprint density at radius 3 is 1.64 bits per heavy atom. The first-order valence-electron chi connectivity index (χ1n) is 22.7. The van der Waals surface area contributed by atoms with E-state index in [0.717, 1.165) is 0 Å². The van der Waals surface area contributed by atoms with Crippen LogP contribution in [0, 0.1) is 0 Å². The summed E-state index contributed by atoms with van der Waals surface area (Å²) in [6.07, 6.45) is 5.34. The molecule has 17 nitrogen and oxygen atoms in total. The third kappa shape index (κ3) is 10.7. The fourth-order valence-electron chi connectivity index (χ4n) is 7.55. The van der Waals surface area contributed by atoms with Crippen molar-refractivity contribution < 1.29 is 32.7 Å². The SMILES string of the molecule is CC(C)(C)[Si](C)(C)OC[C@H]1O[C@@H](n2cnc3c(NC(=O)c4ccccc4)ncnc32)C[C@@H]1OCSC[C@H]1O[C@@H](n2cnc3c(NC(=O)c4ccccc4)ncnc32)C[C@@H]1O[Si](C)(C)C(C)(C)C. The number of nitrogens with one attached hydrogen (secondary N) is 2. The molecule has 2 amide bonds. The fraction of sp³-hybridized carbons (Fsp3) is 0.489. The van der Waals surface area contributed by atoms with Gasteiger partial charge in [0.05, 0.1) is 43.5 Å². The molecule has 356 valence electrons. The summed E-state index contributed by atoms with van der Waals surface area (Å²) in [6.45, 7) is 22.7. The third-order valence-corrected chi connectivity index (χ3v) is 23.4. The number of benzene rings is 2. The maximum Gasteiger partial charge on any atom is 0.256 e. The molecule has 0 bridgehead atoms. The Balaban J connectivity index is 0.970. The molecule has 6 heterocycles. The topological polar surface area (TPSA) is 192 Å². The van der Waals surface area contributed by atoms with E-state index < -0.39 is 29.1 Å². The van der Waals surface area contributed by atoms with E-state index in [1.807, 2.05) is 45.5 Å². The lowest BCUT2D eigenvalue weighted by Gasteiger charge is -2.39. The van der Waals surface area contributed by atoms with Gasteiger partial charge in [-0.1, -0.05) is 77.9 Å². The summed E-state index contributed by atoms with van der Waals surface area (Å²) in [6, 6.07) is 18.0. The number of amides is 2. The molecule has 6 aromatic rings. The molecule has 0 saturated carbocycles. The van der Waals surface area contributed by atoms with Crippen LogP contribution in [0.2, 0.25) is 36.3 Å². The highest BCUT2D eigenvalue weighted by Crippen LogP contribution is 2.43. The molecule has 67 heavy (non-hydrogen) atoms. The molecule has 2 N–H and O–H groups in total. The summed E-state index contributed by atoms with van der Waals surface area (Å²) in [7, 11) is -4.35. The molecule has 2 aliphatic heterocycles. The van der Waals surface area contributed by atoms with Crippen molar-refractivity contribution in [2.24, 2.45) is 0 Å². The van der Waals surface area contributed by atoms with Gasteiger partial charge in [-0.05, 0) is 60.5 Å². The predicted octanol–water partition coefficient (Wildman–Crippen LogP) is 9.23. The highest BCUT2D eigenvalue weighted by Gasteiger charge is 2.46. The Labute approximate surface area is 397 Å². The minimum absolute atomic E-state index is 0.00791. The van der Waals surface area contributed by atoms with E-state index in [9.17, 15) is 9.59 Å². The van der Waals surface area contributed by atoms with Crippen molar-refractivity contribution in [3.63, 3.8) is 0 Å². The highest BCUT2D eigenvalue weighted by molar-refractivity contribution is 7.99. The lowest BCUT2D eigenvalue weighted by Crippen LogP contribution is -2.46. The zero-order chi connectivity index (χ0) is 47.7. The number of ether oxygens (including phenoxy) is 3. The van der Waals surface area contributed by atoms with Crippen LogP contribution >= 0.6 is 11.8 Å². The van der Waals surface area contributed by atoms with Gasteiger partial charge in [0.15, 0.2) is 50.6 Å². The van der Waals surface area contributed by atoms with Gasteiger partial charge < -0.3 is 33.7 Å². The molecule has 0 unspecified atom stereocenters. The van der Waals surface area contributed by atoms with Crippen LogP contribution in [-0.2, 0) is 23.1 Å². The number of nitrogens with zero attached hydrogens (tertiary/aromatic N) is 8. The smallest absolute Gasteiger partial charge is 0.256 e. The van der Waals surface area contributed by atoms with Crippen LogP contribution in [0.15, 0.2) is 86.0 Å². The zero-order valence-electron chi connectivity index (χ0n) is 39.9. The molecule has 2 saturated heterocycles. The van der Waals surface area contributed by atoms with E-state index in [1.54, 1.807) is 48.7 Å². The fourth-order valence-corrected chi connectivity index (χ4v) is 10.8. The van der Waals surface area contributed by atoms with Crippen LogP contribution in [-0.4, -0.2) is 110 Å².